The van der Waals surface area contributed by atoms with Crippen LogP contribution < -0.4 is 11.1 Å². The summed E-state index contributed by atoms with van der Waals surface area (Å²) in [4.78, 5) is 0. The van der Waals surface area contributed by atoms with Gasteiger partial charge < -0.3 is 11.1 Å². The summed E-state index contributed by atoms with van der Waals surface area (Å²) in [5, 5.41) is 3.36. The third-order valence-corrected chi connectivity index (χ3v) is 5.93. The summed E-state index contributed by atoms with van der Waals surface area (Å²) in [6.45, 7) is 2.35. The maximum Gasteiger partial charge on any atom is 0.154 e. The number of sulfone groups is 1. The van der Waals surface area contributed by atoms with Crippen LogP contribution in [0.15, 0.2) is 12.1 Å². The summed E-state index contributed by atoms with van der Waals surface area (Å²) >= 11 is 5.95. The molecule has 1 heterocycles. The SMILES string of the molecule is Cc1cc(N)c(Cl)cc1NCC1CCCS1(=O)=O. The van der Waals surface area contributed by atoms with Gasteiger partial charge in [0.1, 0.15) is 0 Å². The molecule has 1 fully saturated rings. The Bertz CT molecular complexity index is 557. The summed E-state index contributed by atoms with van der Waals surface area (Å²) in [5.74, 6) is 0.306. The van der Waals surface area contributed by atoms with E-state index in [1.54, 1.807) is 12.1 Å². The van der Waals surface area contributed by atoms with Crippen molar-refractivity contribution in [1.82, 2.24) is 0 Å². The Balaban J connectivity index is 2.09. The van der Waals surface area contributed by atoms with Crippen molar-refractivity contribution in [2.45, 2.75) is 25.0 Å². The van der Waals surface area contributed by atoms with E-state index in [1.165, 1.54) is 0 Å². The Morgan fingerprint density at radius 1 is 1.50 bits per heavy atom. The number of halogens is 1. The predicted octanol–water partition coefficient (Wildman–Crippen LogP) is 2.22. The minimum Gasteiger partial charge on any atom is -0.398 e. The van der Waals surface area contributed by atoms with Crippen LogP contribution >= 0.6 is 11.6 Å². The van der Waals surface area contributed by atoms with E-state index >= 15 is 0 Å². The van der Waals surface area contributed by atoms with Crippen LogP contribution in [-0.4, -0.2) is 26.0 Å². The van der Waals surface area contributed by atoms with E-state index in [4.69, 9.17) is 17.3 Å². The lowest BCUT2D eigenvalue weighted by Gasteiger charge is -2.14. The molecule has 1 aliphatic heterocycles. The van der Waals surface area contributed by atoms with Gasteiger partial charge in [0.2, 0.25) is 0 Å². The molecule has 1 unspecified atom stereocenters. The lowest BCUT2D eigenvalue weighted by atomic mass is 10.1. The van der Waals surface area contributed by atoms with E-state index in [0.29, 0.717) is 23.0 Å². The highest BCUT2D eigenvalue weighted by Gasteiger charge is 2.30. The molecule has 0 bridgehead atoms. The molecule has 6 heteroatoms. The molecular formula is C12H17ClN2O2S. The predicted molar refractivity (Wildman–Crippen MR) is 75.9 cm³/mol. The number of benzene rings is 1. The average molecular weight is 289 g/mol. The fraction of sp³-hybridized carbons (Fsp3) is 0.500. The van der Waals surface area contributed by atoms with Gasteiger partial charge in [-0.2, -0.15) is 0 Å². The lowest BCUT2D eigenvalue weighted by Crippen LogP contribution is -2.25. The molecule has 0 aromatic heterocycles. The summed E-state index contributed by atoms with van der Waals surface area (Å²) < 4.78 is 23.4. The van der Waals surface area contributed by atoms with Crippen molar-refractivity contribution in [2.24, 2.45) is 0 Å². The number of nitrogens with two attached hydrogens (primary N) is 1. The van der Waals surface area contributed by atoms with Gasteiger partial charge in [-0.25, -0.2) is 8.42 Å². The summed E-state index contributed by atoms with van der Waals surface area (Å²) in [6.07, 6.45) is 1.49. The van der Waals surface area contributed by atoms with Crippen LogP contribution in [0, 0.1) is 6.92 Å². The first-order chi connectivity index (χ1) is 8.40. The molecular weight excluding hydrogens is 272 g/mol. The number of nitrogen functional groups attached to an aromatic ring is 1. The van der Waals surface area contributed by atoms with E-state index in [9.17, 15) is 8.42 Å². The van der Waals surface area contributed by atoms with Crippen molar-refractivity contribution in [1.29, 1.82) is 0 Å². The molecule has 1 aromatic carbocycles. The van der Waals surface area contributed by atoms with E-state index < -0.39 is 9.84 Å². The molecule has 0 aliphatic carbocycles. The zero-order valence-electron chi connectivity index (χ0n) is 10.2. The molecule has 2 rings (SSSR count). The highest BCUT2D eigenvalue weighted by atomic mass is 35.5. The largest absolute Gasteiger partial charge is 0.398 e. The smallest absolute Gasteiger partial charge is 0.154 e. The quantitative estimate of drug-likeness (QED) is 0.837. The van der Waals surface area contributed by atoms with E-state index in [2.05, 4.69) is 5.32 Å². The van der Waals surface area contributed by atoms with Gasteiger partial charge in [-0.3, -0.25) is 0 Å². The molecule has 3 N–H and O–H groups in total. The van der Waals surface area contributed by atoms with Crippen LogP contribution in [0.1, 0.15) is 18.4 Å². The van der Waals surface area contributed by atoms with E-state index in [1.807, 2.05) is 6.92 Å². The van der Waals surface area contributed by atoms with Gasteiger partial charge in [0.25, 0.3) is 0 Å². The minimum absolute atomic E-state index is 0.284. The normalized spacial score (nSPS) is 22.0. The summed E-state index contributed by atoms with van der Waals surface area (Å²) in [5.41, 5.74) is 8.04. The van der Waals surface area contributed by atoms with Gasteiger partial charge in [-0.05, 0) is 37.5 Å². The molecule has 0 saturated carbocycles. The van der Waals surface area contributed by atoms with Crippen molar-refractivity contribution >= 4 is 32.8 Å². The van der Waals surface area contributed by atoms with Gasteiger partial charge in [0, 0.05) is 12.2 Å². The zero-order valence-corrected chi connectivity index (χ0v) is 11.8. The lowest BCUT2D eigenvalue weighted by molar-refractivity contribution is 0.591. The molecule has 1 atom stereocenters. The highest BCUT2D eigenvalue weighted by Crippen LogP contribution is 2.27. The summed E-state index contributed by atoms with van der Waals surface area (Å²) in [6, 6.07) is 3.53. The van der Waals surface area contributed by atoms with Crippen LogP contribution in [-0.2, 0) is 9.84 Å². The Kier molecular flexibility index (Phi) is 3.73. The Morgan fingerprint density at radius 2 is 2.22 bits per heavy atom. The van der Waals surface area contributed by atoms with Crippen molar-refractivity contribution in [3.05, 3.63) is 22.7 Å². The van der Waals surface area contributed by atoms with Crippen LogP contribution in [0.3, 0.4) is 0 Å². The second-order valence-electron chi connectivity index (χ2n) is 4.70. The fourth-order valence-electron chi connectivity index (χ4n) is 2.21. The van der Waals surface area contributed by atoms with Crippen molar-refractivity contribution < 1.29 is 8.42 Å². The molecule has 18 heavy (non-hydrogen) atoms. The maximum atomic E-state index is 11.7. The molecule has 100 valence electrons. The van der Waals surface area contributed by atoms with Crippen molar-refractivity contribution in [3.63, 3.8) is 0 Å². The average Bonchev–Trinajstić information content (AvgIpc) is 2.61. The number of nitrogens with one attached hydrogen (secondary N) is 1. The fourth-order valence-corrected chi connectivity index (χ4v) is 4.13. The van der Waals surface area contributed by atoms with Gasteiger partial charge in [-0.15, -0.1) is 0 Å². The molecule has 1 aromatic rings. The van der Waals surface area contributed by atoms with Gasteiger partial charge in [0.15, 0.2) is 9.84 Å². The maximum absolute atomic E-state index is 11.7. The Labute approximate surface area is 112 Å². The first-order valence-corrected chi connectivity index (χ1v) is 8.00. The number of aryl methyl sites for hydroxylation is 1. The number of rotatable bonds is 3. The van der Waals surface area contributed by atoms with E-state index in [-0.39, 0.29) is 5.25 Å². The number of hydrogen-bond donors (Lipinski definition) is 2. The molecule has 0 spiro atoms. The first kappa shape index (κ1) is 13.5. The first-order valence-electron chi connectivity index (χ1n) is 5.91. The molecule has 0 amide bonds. The van der Waals surface area contributed by atoms with Crippen LogP contribution in [0.4, 0.5) is 11.4 Å². The highest BCUT2D eigenvalue weighted by molar-refractivity contribution is 7.92. The third kappa shape index (κ3) is 2.72. The molecule has 4 nitrogen and oxygen atoms in total. The van der Waals surface area contributed by atoms with Crippen LogP contribution in [0.25, 0.3) is 0 Å². The van der Waals surface area contributed by atoms with Crippen LogP contribution in [0.5, 0.6) is 0 Å². The van der Waals surface area contributed by atoms with Gasteiger partial charge in [-0.1, -0.05) is 11.6 Å². The zero-order chi connectivity index (χ0) is 13.3. The monoisotopic (exact) mass is 288 g/mol. The Hall–Kier alpha value is -0.940. The minimum atomic E-state index is -2.91. The van der Waals surface area contributed by atoms with Crippen LogP contribution in [0.2, 0.25) is 5.02 Å². The number of anilines is 2. The topological polar surface area (TPSA) is 72.2 Å². The van der Waals surface area contributed by atoms with Crippen molar-refractivity contribution in [3.8, 4) is 0 Å². The van der Waals surface area contributed by atoms with Crippen molar-refractivity contribution in [2.75, 3.05) is 23.3 Å². The number of hydrogen-bond acceptors (Lipinski definition) is 4. The molecule has 1 aliphatic rings. The van der Waals surface area contributed by atoms with E-state index in [0.717, 1.165) is 24.1 Å². The molecule has 1 saturated heterocycles. The third-order valence-electron chi connectivity index (χ3n) is 3.33. The van der Waals surface area contributed by atoms with Gasteiger partial charge in [0.05, 0.1) is 21.7 Å². The van der Waals surface area contributed by atoms with Gasteiger partial charge >= 0.3 is 0 Å². The molecule has 0 radical (unpaired) electrons. The summed E-state index contributed by atoms with van der Waals surface area (Å²) in [7, 11) is -2.91. The Morgan fingerprint density at radius 3 is 2.83 bits per heavy atom. The second kappa shape index (κ2) is 4.97. The second-order valence-corrected chi connectivity index (χ2v) is 7.51. The standard InChI is InChI=1S/C12H17ClN2O2S/c1-8-5-11(14)10(13)6-12(8)15-7-9-3-2-4-18(9,16)17/h5-6,9,15H,2-4,7,14H2,1H3.